The third kappa shape index (κ3) is 4.17. The lowest BCUT2D eigenvalue weighted by molar-refractivity contribution is 0.102. The van der Waals surface area contributed by atoms with Crippen LogP contribution in [0.4, 0.5) is 21.6 Å². The van der Waals surface area contributed by atoms with E-state index in [2.05, 4.69) is 20.6 Å². The molecule has 0 saturated carbocycles. The van der Waals surface area contributed by atoms with Crippen molar-refractivity contribution < 1.29 is 9.18 Å². The van der Waals surface area contributed by atoms with Crippen LogP contribution in [0, 0.1) is 19.7 Å². The van der Waals surface area contributed by atoms with Crippen LogP contribution in [-0.2, 0) is 0 Å². The standard InChI is InChI=1S/C19H17FN4O/c1-12-3-6-16(9-13(12)2)23-18-10-17(21-11-22-18)19(25)24-15-7-4-14(20)5-8-15/h3-11H,1-2H3,(H,24,25)(H,21,22,23). The normalized spacial score (nSPS) is 10.4. The SMILES string of the molecule is Cc1ccc(Nc2cc(C(=O)Nc3ccc(F)cc3)ncn2)cc1C. The summed E-state index contributed by atoms with van der Waals surface area (Å²) in [6.07, 6.45) is 1.32. The molecule has 0 unspecified atom stereocenters. The van der Waals surface area contributed by atoms with Crippen molar-refractivity contribution >= 4 is 23.1 Å². The first kappa shape index (κ1) is 16.6. The predicted molar refractivity (Wildman–Crippen MR) is 95.6 cm³/mol. The van der Waals surface area contributed by atoms with Gasteiger partial charge in [0, 0.05) is 17.4 Å². The number of amides is 1. The van der Waals surface area contributed by atoms with E-state index in [9.17, 15) is 9.18 Å². The summed E-state index contributed by atoms with van der Waals surface area (Å²) in [6, 6.07) is 13.1. The minimum Gasteiger partial charge on any atom is -0.340 e. The Hall–Kier alpha value is -3.28. The number of hydrogen-bond donors (Lipinski definition) is 2. The zero-order chi connectivity index (χ0) is 17.8. The molecule has 3 aromatic rings. The Morgan fingerprint density at radius 2 is 1.64 bits per heavy atom. The number of carbonyl (C=O) groups is 1. The summed E-state index contributed by atoms with van der Waals surface area (Å²) >= 11 is 0. The molecule has 0 atom stereocenters. The summed E-state index contributed by atoms with van der Waals surface area (Å²) < 4.78 is 12.9. The maximum atomic E-state index is 12.9. The van der Waals surface area contributed by atoms with Crippen LogP contribution in [0.15, 0.2) is 54.9 Å². The second-order valence-corrected chi connectivity index (χ2v) is 5.67. The van der Waals surface area contributed by atoms with E-state index in [1.54, 1.807) is 6.07 Å². The molecule has 1 amide bonds. The molecule has 1 aromatic heterocycles. The topological polar surface area (TPSA) is 66.9 Å². The van der Waals surface area contributed by atoms with Crippen LogP contribution in [0.3, 0.4) is 0 Å². The Balaban J connectivity index is 1.75. The fourth-order valence-electron chi connectivity index (χ4n) is 2.25. The van der Waals surface area contributed by atoms with Gasteiger partial charge in [-0.05, 0) is 61.4 Å². The zero-order valence-electron chi connectivity index (χ0n) is 13.9. The molecule has 25 heavy (non-hydrogen) atoms. The Morgan fingerprint density at radius 1 is 0.920 bits per heavy atom. The molecule has 0 aliphatic carbocycles. The van der Waals surface area contributed by atoms with Crippen LogP contribution in [0.25, 0.3) is 0 Å². The average Bonchev–Trinajstić information content (AvgIpc) is 2.60. The highest BCUT2D eigenvalue weighted by Crippen LogP contribution is 2.18. The lowest BCUT2D eigenvalue weighted by Crippen LogP contribution is -2.14. The molecule has 5 nitrogen and oxygen atoms in total. The Kier molecular flexibility index (Phi) is 4.70. The maximum Gasteiger partial charge on any atom is 0.274 e. The van der Waals surface area contributed by atoms with Crippen LogP contribution in [0.5, 0.6) is 0 Å². The largest absolute Gasteiger partial charge is 0.340 e. The minimum absolute atomic E-state index is 0.214. The van der Waals surface area contributed by atoms with Gasteiger partial charge in [-0.1, -0.05) is 6.07 Å². The second-order valence-electron chi connectivity index (χ2n) is 5.67. The van der Waals surface area contributed by atoms with Crippen molar-refractivity contribution in [2.45, 2.75) is 13.8 Å². The molecule has 0 radical (unpaired) electrons. The van der Waals surface area contributed by atoms with Gasteiger partial charge in [-0.15, -0.1) is 0 Å². The van der Waals surface area contributed by atoms with Crippen molar-refractivity contribution in [3.05, 3.63) is 77.5 Å². The third-order valence-electron chi connectivity index (χ3n) is 3.78. The first-order valence-corrected chi connectivity index (χ1v) is 7.74. The number of aromatic nitrogens is 2. The molecule has 0 aliphatic rings. The minimum atomic E-state index is -0.392. The number of carbonyl (C=O) groups excluding carboxylic acids is 1. The van der Waals surface area contributed by atoms with Gasteiger partial charge < -0.3 is 10.6 Å². The summed E-state index contributed by atoms with van der Waals surface area (Å²) in [5, 5.41) is 5.83. The summed E-state index contributed by atoms with van der Waals surface area (Å²) in [4.78, 5) is 20.4. The number of halogens is 1. The number of hydrogen-bond acceptors (Lipinski definition) is 4. The van der Waals surface area contributed by atoms with Crippen LogP contribution in [-0.4, -0.2) is 15.9 Å². The Bertz CT molecular complexity index is 910. The van der Waals surface area contributed by atoms with Crippen molar-refractivity contribution in [2.24, 2.45) is 0 Å². The van der Waals surface area contributed by atoms with E-state index in [1.165, 1.54) is 36.2 Å². The molecular weight excluding hydrogens is 319 g/mol. The second kappa shape index (κ2) is 7.09. The number of nitrogens with zero attached hydrogens (tertiary/aromatic N) is 2. The van der Waals surface area contributed by atoms with Crippen LogP contribution >= 0.6 is 0 Å². The van der Waals surface area contributed by atoms with Crippen molar-refractivity contribution in [2.75, 3.05) is 10.6 Å². The lowest BCUT2D eigenvalue weighted by Gasteiger charge is -2.09. The smallest absolute Gasteiger partial charge is 0.274 e. The molecule has 0 spiro atoms. The van der Waals surface area contributed by atoms with Crippen molar-refractivity contribution in [1.29, 1.82) is 0 Å². The molecule has 3 rings (SSSR count). The molecule has 1 heterocycles. The van der Waals surface area contributed by atoms with Crippen molar-refractivity contribution in [3.63, 3.8) is 0 Å². The first-order chi connectivity index (χ1) is 12.0. The maximum absolute atomic E-state index is 12.9. The molecule has 0 bridgehead atoms. The lowest BCUT2D eigenvalue weighted by atomic mass is 10.1. The molecule has 0 fully saturated rings. The summed E-state index contributed by atoms with van der Waals surface area (Å²) in [7, 11) is 0. The predicted octanol–water partition coefficient (Wildman–Crippen LogP) is 4.23. The van der Waals surface area contributed by atoms with Crippen molar-refractivity contribution in [3.8, 4) is 0 Å². The third-order valence-corrected chi connectivity index (χ3v) is 3.78. The highest BCUT2D eigenvalue weighted by molar-refractivity contribution is 6.03. The van der Waals surface area contributed by atoms with Gasteiger partial charge >= 0.3 is 0 Å². The first-order valence-electron chi connectivity index (χ1n) is 7.74. The number of anilines is 3. The fraction of sp³-hybridized carbons (Fsp3) is 0.105. The van der Waals surface area contributed by atoms with E-state index in [0.717, 1.165) is 11.3 Å². The molecule has 126 valence electrons. The van der Waals surface area contributed by atoms with Crippen LogP contribution in [0.2, 0.25) is 0 Å². The highest BCUT2D eigenvalue weighted by Gasteiger charge is 2.10. The van der Waals surface area contributed by atoms with Gasteiger partial charge in [0.05, 0.1) is 0 Å². The van der Waals surface area contributed by atoms with Crippen LogP contribution < -0.4 is 10.6 Å². The molecule has 0 aliphatic heterocycles. The van der Waals surface area contributed by atoms with E-state index in [-0.39, 0.29) is 11.5 Å². The number of benzene rings is 2. The van der Waals surface area contributed by atoms with Gasteiger partial charge in [0.25, 0.3) is 5.91 Å². The Morgan fingerprint density at radius 3 is 2.36 bits per heavy atom. The Labute approximate surface area is 145 Å². The molecule has 2 aromatic carbocycles. The number of nitrogens with one attached hydrogen (secondary N) is 2. The van der Waals surface area contributed by atoms with E-state index in [0.29, 0.717) is 11.5 Å². The van der Waals surface area contributed by atoms with E-state index in [4.69, 9.17) is 0 Å². The van der Waals surface area contributed by atoms with E-state index < -0.39 is 5.91 Å². The van der Waals surface area contributed by atoms with E-state index >= 15 is 0 Å². The van der Waals surface area contributed by atoms with Gasteiger partial charge in [0.1, 0.15) is 23.7 Å². The van der Waals surface area contributed by atoms with Crippen molar-refractivity contribution in [1.82, 2.24) is 9.97 Å². The van der Waals surface area contributed by atoms with Gasteiger partial charge in [0.15, 0.2) is 0 Å². The zero-order valence-corrected chi connectivity index (χ0v) is 13.9. The quantitative estimate of drug-likeness (QED) is 0.748. The highest BCUT2D eigenvalue weighted by atomic mass is 19.1. The summed E-state index contributed by atoms with van der Waals surface area (Å²) in [5.41, 5.74) is 3.95. The summed E-state index contributed by atoms with van der Waals surface area (Å²) in [5.74, 6) is -0.237. The summed E-state index contributed by atoms with van der Waals surface area (Å²) in [6.45, 7) is 4.07. The van der Waals surface area contributed by atoms with Gasteiger partial charge in [-0.3, -0.25) is 4.79 Å². The molecule has 2 N–H and O–H groups in total. The fourth-order valence-corrected chi connectivity index (χ4v) is 2.25. The van der Waals surface area contributed by atoms with E-state index in [1.807, 2.05) is 32.0 Å². The monoisotopic (exact) mass is 336 g/mol. The van der Waals surface area contributed by atoms with Gasteiger partial charge in [0.2, 0.25) is 0 Å². The molecule has 0 saturated heterocycles. The molecule has 6 heteroatoms. The molecular formula is C19H17FN4O. The van der Waals surface area contributed by atoms with Gasteiger partial charge in [-0.25, -0.2) is 14.4 Å². The number of rotatable bonds is 4. The number of aryl methyl sites for hydroxylation is 2. The average molecular weight is 336 g/mol. The van der Waals surface area contributed by atoms with Gasteiger partial charge in [-0.2, -0.15) is 0 Å². The van der Waals surface area contributed by atoms with Crippen LogP contribution in [0.1, 0.15) is 21.6 Å².